The second-order valence-electron chi connectivity index (χ2n) is 5.01. The van der Waals surface area contributed by atoms with Crippen molar-refractivity contribution >= 4 is 33.0 Å². The summed E-state index contributed by atoms with van der Waals surface area (Å²) in [6, 6.07) is 18.1. The molecule has 0 spiro atoms. The number of nitrogens with zero attached hydrogens (tertiary/aromatic N) is 5. The van der Waals surface area contributed by atoms with Crippen LogP contribution in [-0.2, 0) is 0 Å². The molecule has 0 saturated carbocycles. The van der Waals surface area contributed by atoms with Gasteiger partial charge in [0.05, 0.1) is 11.4 Å². The molecule has 0 fully saturated rings. The lowest BCUT2D eigenvalue weighted by Crippen LogP contribution is -2.21. The Labute approximate surface area is 150 Å². The standard InChI is InChI=1S/C17H12BrN5S/c18-14-6-8-15(9-7-14)21-17-23(22-11-19-20-12-22)16(10-24-17)13-4-2-1-3-5-13/h1-12H. The summed E-state index contributed by atoms with van der Waals surface area (Å²) in [5.41, 5.74) is 3.04. The van der Waals surface area contributed by atoms with E-state index in [0.29, 0.717) is 0 Å². The fourth-order valence-electron chi connectivity index (χ4n) is 2.33. The Hall–Kier alpha value is -2.51. The molecule has 5 nitrogen and oxygen atoms in total. The van der Waals surface area contributed by atoms with E-state index in [0.717, 1.165) is 26.2 Å². The average molecular weight is 398 g/mol. The summed E-state index contributed by atoms with van der Waals surface area (Å²) >= 11 is 5.02. The largest absolute Gasteiger partial charge is 0.221 e. The van der Waals surface area contributed by atoms with Crippen LogP contribution >= 0.6 is 27.3 Å². The summed E-state index contributed by atoms with van der Waals surface area (Å²) in [7, 11) is 0. The predicted molar refractivity (Wildman–Crippen MR) is 97.9 cm³/mol. The van der Waals surface area contributed by atoms with Gasteiger partial charge in [-0.3, -0.25) is 0 Å². The predicted octanol–water partition coefficient (Wildman–Crippen LogP) is 4.11. The van der Waals surface area contributed by atoms with Crippen LogP contribution in [0.4, 0.5) is 5.69 Å². The highest BCUT2D eigenvalue weighted by atomic mass is 79.9. The Morgan fingerprint density at radius 2 is 1.62 bits per heavy atom. The van der Waals surface area contributed by atoms with Crippen molar-refractivity contribution in [2.45, 2.75) is 0 Å². The molecule has 0 unspecified atom stereocenters. The molecule has 0 atom stereocenters. The summed E-state index contributed by atoms with van der Waals surface area (Å²) in [5, 5.41) is 9.93. The first kappa shape index (κ1) is 15.0. The van der Waals surface area contributed by atoms with Crippen molar-refractivity contribution in [2.75, 3.05) is 0 Å². The summed E-state index contributed by atoms with van der Waals surface area (Å²) in [6.07, 6.45) is 3.33. The van der Waals surface area contributed by atoms with E-state index in [1.807, 2.05) is 51.8 Å². The van der Waals surface area contributed by atoms with Gasteiger partial charge in [0.25, 0.3) is 0 Å². The minimum absolute atomic E-state index is 0.843. The van der Waals surface area contributed by atoms with Crippen LogP contribution in [0.1, 0.15) is 0 Å². The van der Waals surface area contributed by atoms with Crippen LogP contribution in [-0.4, -0.2) is 19.5 Å². The Morgan fingerprint density at radius 3 is 2.33 bits per heavy atom. The zero-order valence-corrected chi connectivity index (χ0v) is 14.9. The molecule has 2 aromatic carbocycles. The van der Waals surface area contributed by atoms with E-state index in [-0.39, 0.29) is 0 Å². The first-order valence-corrected chi connectivity index (χ1v) is 8.90. The lowest BCUT2D eigenvalue weighted by atomic mass is 10.2. The highest BCUT2D eigenvalue weighted by Crippen LogP contribution is 2.21. The van der Waals surface area contributed by atoms with E-state index in [1.165, 1.54) is 0 Å². The third-order valence-electron chi connectivity index (χ3n) is 3.44. The molecule has 0 amide bonds. The van der Waals surface area contributed by atoms with Crippen molar-refractivity contribution in [3.63, 3.8) is 0 Å². The van der Waals surface area contributed by atoms with Crippen molar-refractivity contribution < 1.29 is 0 Å². The van der Waals surface area contributed by atoms with Crippen molar-refractivity contribution in [1.29, 1.82) is 0 Å². The average Bonchev–Trinajstić information content (AvgIpc) is 3.27. The van der Waals surface area contributed by atoms with E-state index in [9.17, 15) is 0 Å². The van der Waals surface area contributed by atoms with E-state index in [1.54, 1.807) is 24.0 Å². The van der Waals surface area contributed by atoms with Gasteiger partial charge in [0, 0.05) is 15.4 Å². The molecular weight excluding hydrogens is 386 g/mol. The molecule has 0 N–H and O–H groups in total. The SMILES string of the molecule is Brc1ccc(N=c2scc(-c3ccccc3)n2-n2cnnc2)cc1. The van der Waals surface area contributed by atoms with Gasteiger partial charge in [-0.15, -0.1) is 21.5 Å². The monoisotopic (exact) mass is 397 g/mol. The van der Waals surface area contributed by atoms with Gasteiger partial charge < -0.3 is 0 Å². The maximum atomic E-state index is 4.77. The quantitative estimate of drug-likeness (QED) is 0.522. The molecule has 0 radical (unpaired) electrons. The summed E-state index contributed by atoms with van der Waals surface area (Å²) in [5.74, 6) is 0. The third-order valence-corrected chi connectivity index (χ3v) is 4.79. The fraction of sp³-hybridized carbons (Fsp3) is 0. The number of thiazole rings is 1. The van der Waals surface area contributed by atoms with Crippen LogP contribution in [0, 0.1) is 0 Å². The lowest BCUT2D eigenvalue weighted by Gasteiger charge is -2.08. The van der Waals surface area contributed by atoms with Crippen molar-refractivity contribution in [1.82, 2.24) is 19.5 Å². The van der Waals surface area contributed by atoms with Crippen LogP contribution < -0.4 is 4.80 Å². The number of aromatic nitrogens is 4. The minimum atomic E-state index is 0.843. The highest BCUT2D eigenvalue weighted by Gasteiger charge is 2.09. The van der Waals surface area contributed by atoms with E-state index in [2.05, 4.69) is 43.6 Å². The van der Waals surface area contributed by atoms with Crippen LogP contribution in [0.15, 0.2) is 82.1 Å². The Kier molecular flexibility index (Phi) is 4.10. The Bertz CT molecular complexity index is 1000. The van der Waals surface area contributed by atoms with Crippen LogP contribution in [0.5, 0.6) is 0 Å². The van der Waals surface area contributed by atoms with Crippen LogP contribution in [0.25, 0.3) is 11.3 Å². The number of rotatable bonds is 3. The fourth-order valence-corrected chi connectivity index (χ4v) is 3.50. The molecular formula is C17H12BrN5S. The van der Waals surface area contributed by atoms with Gasteiger partial charge in [0.1, 0.15) is 12.7 Å². The van der Waals surface area contributed by atoms with Crippen LogP contribution in [0.2, 0.25) is 0 Å². The van der Waals surface area contributed by atoms with Gasteiger partial charge in [-0.25, -0.2) is 14.3 Å². The summed E-state index contributed by atoms with van der Waals surface area (Å²) < 4.78 is 4.86. The zero-order chi connectivity index (χ0) is 16.4. The normalized spacial score (nSPS) is 11.8. The number of benzene rings is 2. The second-order valence-corrected chi connectivity index (χ2v) is 6.76. The molecule has 4 rings (SSSR count). The van der Waals surface area contributed by atoms with Gasteiger partial charge in [0.15, 0.2) is 0 Å². The van der Waals surface area contributed by atoms with Gasteiger partial charge in [0.2, 0.25) is 4.80 Å². The van der Waals surface area contributed by atoms with Gasteiger partial charge in [-0.05, 0) is 24.3 Å². The van der Waals surface area contributed by atoms with Gasteiger partial charge >= 0.3 is 0 Å². The molecule has 2 heterocycles. The number of hydrogen-bond donors (Lipinski definition) is 0. The molecule has 0 saturated heterocycles. The maximum absolute atomic E-state index is 4.77. The molecule has 0 aliphatic carbocycles. The van der Waals surface area contributed by atoms with Crippen molar-refractivity contribution in [2.24, 2.45) is 4.99 Å². The third kappa shape index (κ3) is 2.95. The molecule has 0 bridgehead atoms. The molecule has 118 valence electrons. The lowest BCUT2D eigenvalue weighted by molar-refractivity contribution is 0.642. The van der Waals surface area contributed by atoms with E-state index >= 15 is 0 Å². The van der Waals surface area contributed by atoms with Crippen molar-refractivity contribution in [3.05, 3.63) is 81.9 Å². The Morgan fingerprint density at radius 1 is 0.917 bits per heavy atom. The van der Waals surface area contributed by atoms with Crippen molar-refractivity contribution in [3.8, 4) is 11.3 Å². The molecule has 0 aliphatic rings. The highest BCUT2D eigenvalue weighted by molar-refractivity contribution is 9.10. The van der Waals surface area contributed by atoms with E-state index in [4.69, 9.17) is 4.99 Å². The molecule has 0 aliphatic heterocycles. The topological polar surface area (TPSA) is 48.0 Å². The summed E-state index contributed by atoms with van der Waals surface area (Å²) in [4.78, 5) is 5.61. The number of hydrogen-bond acceptors (Lipinski definition) is 4. The smallest absolute Gasteiger partial charge is 0.210 e. The molecule has 24 heavy (non-hydrogen) atoms. The molecule has 2 aromatic heterocycles. The molecule has 7 heteroatoms. The Balaban J connectivity index is 1.92. The summed E-state index contributed by atoms with van der Waals surface area (Å²) in [6.45, 7) is 0. The minimum Gasteiger partial charge on any atom is -0.221 e. The van der Waals surface area contributed by atoms with Gasteiger partial charge in [-0.1, -0.05) is 46.3 Å². The second kappa shape index (κ2) is 6.54. The zero-order valence-electron chi connectivity index (χ0n) is 12.5. The first-order chi connectivity index (χ1) is 11.8. The van der Waals surface area contributed by atoms with Crippen LogP contribution in [0.3, 0.4) is 0 Å². The molecule has 4 aromatic rings. The van der Waals surface area contributed by atoms with Gasteiger partial charge in [-0.2, -0.15) is 0 Å². The number of halogens is 1. The first-order valence-electron chi connectivity index (χ1n) is 7.23. The maximum Gasteiger partial charge on any atom is 0.210 e. The van der Waals surface area contributed by atoms with E-state index < -0.39 is 0 Å².